The molecule has 106 valence electrons. The van der Waals surface area contributed by atoms with Gasteiger partial charge in [-0.25, -0.2) is 14.2 Å². The Hall–Kier alpha value is -2.54. The van der Waals surface area contributed by atoms with Gasteiger partial charge in [0.1, 0.15) is 5.82 Å². The number of anilines is 1. The molecule has 0 saturated carbocycles. The van der Waals surface area contributed by atoms with Crippen molar-refractivity contribution in [2.45, 2.75) is 10.1 Å². The minimum absolute atomic E-state index is 0.103. The van der Waals surface area contributed by atoms with Crippen molar-refractivity contribution in [3.8, 4) is 0 Å². The van der Waals surface area contributed by atoms with E-state index in [4.69, 9.17) is 10.8 Å². The maximum absolute atomic E-state index is 13.9. The highest BCUT2D eigenvalue weighted by molar-refractivity contribution is 7.99. The van der Waals surface area contributed by atoms with Crippen molar-refractivity contribution in [1.29, 1.82) is 0 Å². The molecule has 21 heavy (non-hydrogen) atoms. The van der Waals surface area contributed by atoms with Gasteiger partial charge in [-0.3, -0.25) is 0 Å². The third-order valence-electron chi connectivity index (χ3n) is 2.91. The summed E-state index contributed by atoms with van der Waals surface area (Å²) in [4.78, 5) is 18.5. The third kappa shape index (κ3) is 2.55. The number of nitrogens with two attached hydrogens (primary N) is 1. The number of aromatic nitrogens is 2. The number of fused-ring (bicyclic) bond motifs is 1. The monoisotopic (exact) mass is 303 g/mol. The first-order chi connectivity index (χ1) is 10.0. The van der Waals surface area contributed by atoms with Crippen LogP contribution in [-0.4, -0.2) is 21.0 Å². The number of nitrogens with one attached hydrogen (secondary N) is 1. The number of carboxylic acid groups (broad SMARTS) is 1. The summed E-state index contributed by atoms with van der Waals surface area (Å²) in [7, 11) is 0. The first kappa shape index (κ1) is 13.4. The van der Waals surface area contributed by atoms with Gasteiger partial charge < -0.3 is 15.8 Å². The standard InChI is InChI=1S/C14H10FN3O2S/c15-8-6-9(16)7(13(19)20)5-12(8)21-14-17-10-3-1-2-4-11(10)18-14/h1-6H,16H2,(H,17,18)(H,19,20). The molecule has 0 saturated heterocycles. The second-order valence-corrected chi connectivity index (χ2v) is 5.37. The summed E-state index contributed by atoms with van der Waals surface area (Å²) in [6.07, 6.45) is 0. The van der Waals surface area contributed by atoms with Crippen LogP contribution < -0.4 is 5.73 Å². The van der Waals surface area contributed by atoms with Crippen LogP contribution in [-0.2, 0) is 0 Å². The summed E-state index contributed by atoms with van der Waals surface area (Å²) in [5.74, 6) is -1.78. The predicted octanol–water partition coefficient (Wildman–Crippen LogP) is 3.13. The maximum atomic E-state index is 13.9. The van der Waals surface area contributed by atoms with E-state index in [1.54, 1.807) is 0 Å². The van der Waals surface area contributed by atoms with Gasteiger partial charge >= 0.3 is 5.97 Å². The molecule has 0 fully saturated rings. The van der Waals surface area contributed by atoms with E-state index in [1.165, 1.54) is 6.07 Å². The fourth-order valence-corrected chi connectivity index (χ4v) is 2.76. The number of nitrogen functional groups attached to an aromatic ring is 1. The van der Waals surface area contributed by atoms with Crippen molar-refractivity contribution >= 4 is 34.5 Å². The van der Waals surface area contributed by atoms with E-state index in [2.05, 4.69) is 9.97 Å². The molecule has 2 aromatic carbocycles. The molecule has 5 nitrogen and oxygen atoms in total. The van der Waals surface area contributed by atoms with Crippen LogP contribution in [0.3, 0.4) is 0 Å². The highest BCUT2D eigenvalue weighted by atomic mass is 32.2. The fraction of sp³-hybridized carbons (Fsp3) is 0. The second-order valence-electron chi connectivity index (χ2n) is 4.34. The van der Waals surface area contributed by atoms with Gasteiger partial charge in [0.15, 0.2) is 5.16 Å². The van der Waals surface area contributed by atoms with Crippen molar-refractivity contribution < 1.29 is 14.3 Å². The molecule has 0 amide bonds. The molecular weight excluding hydrogens is 293 g/mol. The number of hydrogen-bond acceptors (Lipinski definition) is 4. The zero-order chi connectivity index (χ0) is 15.0. The molecule has 1 heterocycles. The van der Waals surface area contributed by atoms with Crippen LogP contribution >= 0.6 is 11.8 Å². The van der Waals surface area contributed by atoms with E-state index in [-0.39, 0.29) is 16.1 Å². The lowest BCUT2D eigenvalue weighted by Gasteiger charge is -2.05. The van der Waals surface area contributed by atoms with Crippen LogP contribution in [0.15, 0.2) is 46.5 Å². The lowest BCUT2D eigenvalue weighted by molar-refractivity contribution is 0.0697. The zero-order valence-corrected chi connectivity index (χ0v) is 11.4. The molecule has 0 unspecified atom stereocenters. The molecule has 7 heteroatoms. The molecule has 3 aromatic rings. The molecule has 0 aliphatic rings. The van der Waals surface area contributed by atoms with E-state index < -0.39 is 11.8 Å². The quantitative estimate of drug-likeness (QED) is 0.646. The van der Waals surface area contributed by atoms with E-state index in [9.17, 15) is 9.18 Å². The molecule has 0 bridgehead atoms. The maximum Gasteiger partial charge on any atom is 0.337 e. The predicted molar refractivity (Wildman–Crippen MR) is 78.0 cm³/mol. The summed E-state index contributed by atoms with van der Waals surface area (Å²) in [6.45, 7) is 0. The molecule has 0 aliphatic carbocycles. The topological polar surface area (TPSA) is 92.0 Å². The van der Waals surface area contributed by atoms with Crippen LogP contribution in [0.1, 0.15) is 10.4 Å². The number of carboxylic acids is 1. The average Bonchev–Trinajstić information content (AvgIpc) is 2.83. The van der Waals surface area contributed by atoms with Crippen molar-refractivity contribution in [1.82, 2.24) is 9.97 Å². The molecule has 3 rings (SSSR count). The van der Waals surface area contributed by atoms with Crippen LogP contribution in [0, 0.1) is 5.82 Å². The Morgan fingerprint density at radius 1 is 1.33 bits per heavy atom. The highest BCUT2D eigenvalue weighted by Gasteiger charge is 2.15. The Morgan fingerprint density at radius 3 is 2.81 bits per heavy atom. The van der Waals surface area contributed by atoms with Crippen LogP contribution in [0.25, 0.3) is 11.0 Å². The summed E-state index contributed by atoms with van der Waals surface area (Å²) < 4.78 is 13.9. The normalized spacial score (nSPS) is 10.9. The van der Waals surface area contributed by atoms with Gasteiger partial charge in [0, 0.05) is 5.69 Å². The van der Waals surface area contributed by atoms with Gasteiger partial charge in [-0.05, 0) is 36.0 Å². The molecular formula is C14H10FN3O2S. The van der Waals surface area contributed by atoms with Gasteiger partial charge in [0.05, 0.1) is 21.5 Å². The largest absolute Gasteiger partial charge is 0.478 e. The highest BCUT2D eigenvalue weighted by Crippen LogP contribution is 2.32. The number of H-pyrrole nitrogens is 1. The zero-order valence-electron chi connectivity index (χ0n) is 10.6. The Kier molecular flexibility index (Phi) is 3.26. The molecule has 0 radical (unpaired) electrons. The van der Waals surface area contributed by atoms with E-state index in [0.717, 1.165) is 28.9 Å². The number of para-hydroxylation sites is 2. The Labute approximate surface area is 123 Å². The van der Waals surface area contributed by atoms with Gasteiger partial charge in [0.2, 0.25) is 0 Å². The van der Waals surface area contributed by atoms with Crippen molar-refractivity contribution in [3.05, 3.63) is 47.8 Å². The molecule has 0 atom stereocenters. The van der Waals surface area contributed by atoms with Crippen LogP contribution in [0.5, 0.6) is 0 Å². The van der Waals surface area contributed by atoms with Crippen molar-refractivity contribution in [2.24, 2.45) is 0 Å². The summed E-state index contributed by atoms with van der Waals surface area (Å²) in [5.41, 5.74) is 6.85. The number of carbonyl (C=O) groups is 1. The fourth-order valence-electron chi connectivity index (χ4n) is 1.91. The average molecular weight is 303 g/mol. The van der Waals surface area contributed by atoms with Crippen LogP contribution in [0.4, 0.5) is 10.1 Å². The van der Waals surface area contributed by atoms with Crippen LogP contribution in [0.2, 0.25) is 0 Å². The number of benzene rings is 2. The number of aromatic amines is 1. The Bertz CT molecular complexity index is 814. The first-order valence-corrected chi connectivity index (χ1v) is 6.81. The third-order valence-corrected chi connectivity index (χ3v) is 3.83. The molecule has 1 aromatic heterocycles. The number of rotatable bonds is 3. The molecule has 0 spiro atoms. The number of aromatic carboxylic acids is 1. The summed E-state index contributed by atoms with van der Waals surface area (Å²) >= 11 is 1.02. The minimum Gasteiger partial charge on any atom is -0.478 e. The molecule has 0 aliphatic heterocycles. The minimum atomic E-state index is -1.20. The number of nitrogens with zero attached hydrogens (tertiary/aromatic N) is 1. The number of imidazole rings is 1. The van der Waals surface area contributed by atoms with E-state index >= 15 is 0 Å². The Balaban J connectivity index is 2.00. The van der Waals surface area contributed by atoms with Crippen molar-refractivity contribution in [3.63, 3.8) is 0 Å². The van der Waals surface area contributed by atoms with Gasteiger partial charge in [-0.1, -0.05) is 12.1 Å². The molecule has 4 N–H and O–H groups in total. The lowest BCUT2D eigenvalue weighted by atomic mass is 10.2. The first-order valence-electron chi connectivity index (χ1n) is 5.99. The smallest absolute Gasteiger partial charge is 0.337 e. The van der Waals surface area contributed by atoms with E-state index in [0.29, 0.717) is 5.16 Å². The van der Waals surface area contributed by atoms with Gasteiger partial charge in [0.25, 0.3) is 0 Å². The lowest BCUT2D eigenvalue weighted by Crippen LogP contribution is -2.03. The van der Waals surface area contributed by atoms with Gasteiger partial charge in [-0.15, -0.1) is 0 Å². The second kappa shape index (κ2) is 5.10. The van der Waals surface area contributed by atoms with Gasteiger partial charge in [-0.2, -0.15) is 0 Å². The summed E-state index contributed by atoms with van der Waals surface area (Å²) in [6, 6.07) is 9.62. The number of halogens is 1. The SMILES string of the molecule is Nc1cc(F)c(Sc2nc3ccccc3[nH]2)cc1C(=O)O. The van der Waals surface area contributed by atoms with E-state index in [1.807, 2.05) is 24.3 Å². The Morgan fingerprint density at radius 2 is 2.10 bits per heavy atom. The summed E-state index contributed by atoms with van der Waals surface area (Å²) in [5, 5.41) is 9.51. The van der Waals surface area contributed by atoms with Crippen molar-refractivity contribution in [2.75, 3.05) is 5.73 Å². The number of hydrogen-bond donors (Lipinski definition) is 3.